The summed E-state index contributed by atoms with van der Waals surface area (Å²) in [5, 5.41) is 29.0. The van der Waals surface area contributed by atoms with E-state index in [4.69, 9.17) is 37.8 Å². The zero-order valence-electron chi connectivity index (χ0n) is 24.8. The second-order valence-electron chi connectivity index (χ2n) is 10.8. The molecule has 236 valence electrons. The maximum atomic E-state index is 10.8. The molecule has 0 amide bonds. The molecule has 0 saturated carbocycles. The quantitative estimate of drug-likeness (QED) is 0.169. The van der Waals surface area contributed by atoms with Crippen molar-refractivity contribution in [2.24, 2.45) is 0 Å². The van der Waals surface area contributed by atoms with E-state index in [1.165, 1.54) is 17.7 Å². The first kappa shape index (κ1) is 36.8. The number of phenols is 2. The molecule has 0 aliphatic carbocycles. The third-order valence-corrected chi connectivity index (χ3v) is 7.62. The van der Waals surface area contributed by atoms with Gasteiger partial charge in [-0.05, 0) is 113 Å². The molecular formula is C35H39BrCl2O6. The first-order valence-corrected chi connectivity index (χ1v) is 15.2. The molecule has 0 aliphatic heterocycles. The first-order valence-electron chi connectivity index (χ1n) is 13.6. The SMILES string of the molecule is C.CC(C)c1cc(Oc2c(Cl)cc(CC(=O)O)cc2Cl)ccc1O.Cc1cc(C)c(Oc2ccc(O)c(C(C)C)c2)c(Br)c1. The van der Waals surface area contributed by atoms with Crippen LogP contribution in [0.15, 0.2) is 65.1 Å². The van der Waals surface area contributed by atoms with Crippen LogP contribution in [0, 0.1) is 13.8 Å². The maximum absolute atomic E-state index is 10.8. The summed E-state index contributed by atoms with van der Waals surface area (Å²) in [4.78, 5) is 10.8. The predicted octanol–water partition coefficient (Wildman–Crippen LogP) is 11.6. The second kappa shape index (κ2) is 16.1. The Hall–Kier alpha value is -3.39. The summed E-state index contributed by atoms with van der Waals surface area (Å²) in [6.45, 7) is 12.1. The molecule has 0 saturated heterocycles. The Morgan fingerprint density at radius 2 is 1.23 bits per heavy atom. The van der Waals surface area contributed by atoms with Gasteiger partial charge in [0.05, 0.1) is 20.9 Å². The molecule has 44 heavy (non-hydrogen) atoms. The Labute approximate surface area is 278 Å². The lowest BCUT2D eigenvalue weighted by atomic mass is 10.0. The Morgan fingerprint density at radius 3 is 1.64 bits per heavy atom. The Balaban J connectivity index is 0.000000303. The minimum atomic E-state index is -0.967. The molecule has 9 heteroatoms. The molecule has 0 aromatic heterocycles. The molecule has 0 atom stereocenters. The van der Waals surface area contributed by atoms with E-state index >= 15 is 0 Å². The molecule has 0 unspecified atom stereocenters. The molecular weight excluding hydrogens is 667 g/mol. The molecule has 0 radical (unpaired) electrons. The lowest BCUT2D eigenvalue weighted by Crippen LogP contribution is -2.00. The van der Waals surface area contributed by atoms with Crippen molar-refractivity contribution in [2.75, 3.05) is 0 Å². The van der Waals surface area contributed by atoms with Gasteiger partial charge in [0.15, 0.2) is 5.75 Å². The largest absolute Gasteiger partial charge is 0.508 e. The summed E-state index contributed by atoms with van der Waals surface area (Å²) in [7, 11) is 0. The van der Waals surface area contributed by atoms with Crippen LogP contribution in [0.3, 0.4) is 0 Å². The van der Waals surface area contributed by atoms with Crippen LogP contribution in [0.5, 0.6) is 34.5 Å². The normalized spacial score (nSPS) is 10.6. The van der Waals surface area contributed by atoms with Gasteiger partial charge in [-0.15, -0.1) is 0 Å². The summed E-state index contributed by atoms with van der Waals surface area (Å²) in [5.74, 6) is 2.21. The zero-order chi connectivity index (χ0) is 32.0. The predicted molar refractivity (Wildman–Crippen MR) is 183 cm³/mol. The zero-order valence-corrected chi connectivity index (χ0v) is 27.9. The van der Waals surface area contributed by atoms with Gasteiger partial charge in [-0.25, -0.2) is 0 Å². The van der Waals surface area contributed by atoms with Gasteiger partial charge in [0.2, 0.25) is 0 Å². The fraction of sp³-hybridized carbons (Fsp3) is 0.286. The van der Waals surface area contributed by atoms with E-state index in [0.29, 0.717) is 17.1 Å². The van der Waals surface area contributed by atoms with Crippen LogP contribution < -0.4 is 9.47 Å². The number of ether oxygens (including phenoxy) is 2. The highest BCUT2D eigenvalue weighted by Gasteiger charge is 2.15. The number of hydrogen-bond acceptors (Lipinski definition) is 5. The van der Waals surface area contributed by atoms with Gasteiger partial charge in [0.25, 0.3) is 0 Å². The molecule has 3 N–H and O–H groups in total. The second-order valence-corrected chi connectivity index (χ2v) is 12.5. The Kier molecular flexibility index (Phi) is 13.4. The highest BCUT2D eigenvalue weighted by molar-refractivity contribution is 9.10. The van der Waals surface area contributed by atoms with Crippen LogP contribution in [-0.2, 0) is 11.2 Å². The van der Waals surface area contributed by atoms with Crippen LogP contribution >= 0.6 is 39.1 Å². The molecule has 0 fully saturated rings. The van der Waals surface area contributed by atoms with E-state index in [9.17, 15) is 15.0 Å². The monoisotopic (exact) mass is 704 g/mol. The lowest BCUT2D eigenvalue weighted by Gasteiger charge is -2.14. The van der Waals surface area contributed by atoms with E-state index in [-0.39, 0.29) is 47.2 Å². The number of carboxylic acids is 1. The minimum Gasteiger partial charge on any atom is -0.508 e. The number of carboxylic acid groups (broad SMARTS) is 1. The fourth-order valence-electron chi connectivity index (χ4n) is 4.37. The van der Waals surface area contributed by atoms with Crippen molar-refractivity contribution in [1.29, 1.82) is 0 Å². The van der Waals surface area contributed by atoms with Crippen LogP contribution in [0.2, 0.25) is 10.0 Å². The average Bonchev–Trinajstić information content (AvgIpc) is 2.89. The van der Waals surface area contributed by atoms with Crippen LogP contribution in [0.1, 0.15) is 74.8 Å². The van der Waals surface area contributed by atoms with Gasteiger partial charge < -0.3 is 24.8 Å². The number of aryl methyl sites for hydroxylation is 2. The summed E-state index contributed by atoms with van der Waals surface area (Å²) < 4.78 is 12.6. The highest BCUT2D eigenvalue weighted by atomic mass is 79.9. The van der Waals surface area contributed by atoms with Crippen molar-refractivity contribution in [1.82, 2.24) is 0 Å². The molecule has 6 nitrogen and oxygen atoms in total. The van der Waals surface area contributed by atoms with Crippen molar-refractivity contribution in [3.05, 3.63) is 103 Å². The smallest absolute Gasteiger partial charge is 0.307 e. The van der Waals surface area contributed by atoms with Crippen molar-refractivity contribution in [3.63, 3.8) is 0 Å². The van der Waals surface area contributed by atoms with Gasteiger partial charge in [0, 0.05) is 11.1 Å². The van der Waals surface area contributed by atoms with Crippen molar-refractivity contribution in [2.45, 2.75) is 67.2 Å². The number of halogens is 3. The van der Waals surface area contributed by atoms with E-state index in [2.05, 4.69) is 28.9 Å². The Morgan fingerprint density at radius 1 is 0.773 bits per heavy atom. The molecule has 0 aliphatic rings. The van der Waals surface area contributed by atoms with Crippen molar-refractivity contribution >= 4 is 45.1 Å². The molecule has 0 bridgehead atoms. The molecule has 0 heterocycles. The highest BCUT2D eigenvalue weighted by Crippen LogP contribution is 2.40. The molecule has 0 spiro atoms. The Bertz CT molecular complexity index is 1570. The summed E-state index contributed by atoms with van der Waals surface area (Å²) >= 11 is 15.8. The average molecular weight is 707 g/mol. The van der Waals surface area contributed by atoms with Crippen LogP contribution in [0.25, 0.3) is 0 Å². The topological polar surface area (TPSA) is 96.2 Å². The van der Waals surface area contributed by atoms with E-state index < -0.39 is 5.97 Å². The van der Waals surface area contributed by atoms with E-state index in [1.54, 1.807) is 30.3 Å². The number of phenolic OH excluding ortho intramolecular Hbond substituents is 2. The molecule has 4 aromatic rings. The molecule has 4 rings (SSSR count). The standard InChI is InChI=1S/C17H19BrO2.C17H16Cl2O4.CH4/c1-10(2)14-9-13(5-6-16(14)19)20-17-12(4)7-11(3)8-15(17)18;1-9(2)12-8-11(3-4-15(12)20)23-17-13(18)5-10(6-14(17)19)7-16(21)22;/h5-10,19H,1-4H3;3-6,8-9,20H,7H2,1-2H3,(H,21,22);1H4. The number of benzene rings is 4. The van der Waals surface area contributed by atoms with Gasteiger partial charge in [-0.2, -0.15) is 0 Å². The maximum Gasteiger partial charge on any atom is 0.307 e. The minimum absolute atomic E-state index is 0. The van der Waals surface area contributed by atoms with Gasteiger partial charge in [-0.1, -0.05) is 64.4 Å². The van der Waals surface area contributed by atoms with Crippen LogP contribution in [0.4, 0.5) is 0 Å². The number of carbonyl (C=O) groups is 1. The van der Waals surface area contributed by atoms with Gasteiger partial charge in [0.1, 0.15) is 28.7 Å². The summed E-state index contributed by atoms with van der Waals surface area (Å²) in [6, 6.07) is 17.4. The molecule has 4 aromatic carbocycles. The number of rotatable bonds is 8. The van der Waals surface area contributed by atoms with Crippen molar-refractivity contribution < 1.29 is 29.6 Å². The summed E-state index contributed by atoms with van der Waals surface area (Å²) in [5.41, 5.74) is 4.40. The van der Waals surface area contributed by atoms with Gasteiger partial charge in [-0.3, -0.25) is 4.79 Å². The summed E-state index contributed by atoms with van der Waals surface area (Å²) in [6.07, 6.45) is -0.170. The third kappa shape index (κ3) is 9.81. The van der Waals surface area contributed by atoms with E-state index in [0.717, 1.165) is 32.7 Å². The van der Waals surface area contributed by atoms with Crippen LogP contribution in [-0.4, -0.2) is 21.3 Å². The van der Waals surface area contributed by atoms with E-state index in [1.807, 2.05) is 46.8 Å². The number of hydrogen-bond donors (Lipinski definition) is 3. The van der Waals surface area contributed by atoms with Crippen molar-refractivity contribution in [3.8, 4) is 34.5 Å². The lowest BCUT2D eigenvalue weighted by molar-refractivity contribution is -0.136. The first-order chi connectivity index (χ1) is 20.2. The van der Waals surface area contributed by atoms with Gasteiger partial charge >= 0.3 is 5.97 Å². The fourth-order valence-corrected chi connectivity index (χ4v) is 5.74. The number of aromatic hydroxyl groups is 2. The third-order valence-electron chi connectivity index (χ3n) is 6.47. The number of aliphatic carboxylic acids is 1.